The lowest BCUT2D eigenvalue weighted by Crippen LogP contribution is -2.61. The third-order valence-corrected chi connectivity index (χ3v) is 7.30. The first-order chi connectivity index (χ1) is 19.9. The van der Waals surface area contributed by atoms with Gasteiger partial charge in [-0.1, -0.05) is 50.6 Å². The average Bonchev–Trinajstić information content (AvgIpc) is 3.37. The van der Waals surface area contributed by atoms with E-state index >= 15 is 0 Å². The molecular formula is C30H39N5O7. The van der Waals surface area contributed by atoms with Crippen molar-refractivity contribution in [2.24, 2.45) is 11.7 Å². The van der Waals surface area contributed by atoms with Crippen molar-refractivity contribution < 1.29 is 34.5 Å². The number of aromatic amines is 1. The van der Waals surface area contributed by atoms with Gasteiger partial charge in [-0.3, -0.25) is 14.4 Å². The van der Waals surface area contributed by atoms with Gasteiger partial charge < -0.3 is 42.0 Å². The number of nitrogens with two attached hydrogens (primary N) is 1. The van der Waals surface area contributed by atoms with E-state index in [-0.39, 0.29) is 18.6 Å². The van der Waals surface area contributed by atoms with E-state index in [0.29, 0.717) is 17.5 Å². The topological polar surface area (TPSA) is 207 Å². The van der Waals surface area contributed by atoms with E-state index in [9.17, 15) is 34.5 Å². The molecule has 0 aliphatic carbocycles. The summed E-state index contributed by atoms with van der Waals surface area (Å²) in [7, 11) is 0. The van der Waals surface area contributed by atoms with Crippen LogP contribution in [0.1, 0.15) is 38.3 Å². The summed E-state index contributed by atoms with van der Waals surface area (Å²) in [6.07, 6.45) is 0.970. The summed E-state index contributed by atoms with van der Waals surface area (Å²) in [5.74, 6) is -3.80. The van der Waals surface area contributed by atoms with Crippen molar-refractivity contribution in [3.63, 3.8) is 0 Å². The summed E-state index contributed by atoms with van der Waals surface area (Å²) in [4.78, 5) is 54.6. The zero-order valence-corrected chi connectivity index (χ0v) is 23.8. The van der Waals surface area contributed by atoms with Crippen LogP contribution >= 0.6 is 0 Å². The first-order valence-corrected chi connectivity index (χ1v) is 13.8. The number of H-pyrrole nitrogens is 1. The second-order valence-corrected chi connectivity index (χ2v) is 10.5. The number of amides is 3. The normalized spacial score (nSPS) is 15.5. The molecule has 0 spiro atoms. The Balaban J connectivity index is 1.70. The van der Waals surface area contributed by atoms with Crippen molar-refractivity contribution in [1.29, 1.82) is 0 Å². The lowest BCUT2D eigenvalue weighted by atomic mass is 9.96. The fourth-order valence-electron chi connectivity index (χ4n) is 4.57. The van der Waals surface area contributed by atoms with Gasteiger partial charge in [0.2, 0.25) is 17.7 Å². The van der Waals surface area contributed by atoms with E-state index in [0.717, 1.165) is 10.9 Å². The molecule has 3 amide bonds. The number of para-hydroxylation sites is 1. The highest BCUT2D eigenvalue weighted by molar-refractivity contribution is 5.95. The van der Waals surface area contributed by atoms with Gasteiger partial charge in [0.1, 0.15) is 23.9 Å². The van der Waals surface area contributed by atoms with Crippen LogP contribution in [0.2, 0.25) is 0 Å². The molecule has 2 aromatic carbocycles. The van der Waals surface area contributed by atoms with Gasteiger partial charge in [0.15, 0.2) is 0 Å². The van der Waals surface area contributed by atoms with Crippen molar-refractivity contribution in [2.45, 2.75) is 70.3 Å². The quantitative estimate of drug-likeness (QED) is 0.137. The van der Waals surface area contributed by atoms with Gasteiger partial charge in [-0.15, -0.1) is 0 Å². The minimum atomic E-state index is -1.43. The van der Waals surface area contributed by atoms with Gasteiger partial charge in [0.05, 0.1) is 12.1 Å². The molecule has 1 heterocycles. The Kier molecular flexibility index (Phi) is 11.1. The van der Waals surface area contributed by atoms with Crippen LogP contribution in [-0.4, -0.2) is 74.3 Å². The maximum atomic E-state index is 13.4. The largest absolute Gasteiger partial charge is 0.508 e. The number of hydrogen-bond donors (Lipinski definition) is 8. The second kappa shape index (κ2) is 14.5. The molecule has 0 fully saturated rings. The van der Waals surface area contributed by atoms with Crippen LogP contribution in [0.5, 0.6) is 5.75 Å². The number of phenols is 1. The number of aliphatic carboxylic acids is 1. The Morgan fingerprint density at radius 3 is 2.12 bits per heavy atom. The van der Waals surface area contributed by atoms with E-state index in [4.69, 9.17) is 5.73 Å². The molecule has 3 aromatic rings. The molecule has 0 radical (unpaired) electrons. The number of aromatic hydroxyl groups is 1. The third-order valence-electron chi connectivity index (χ3n) is 7.30. The number of rotatable bonds is 14. The Labute approximate surface area is 243 Å². The Morgan fingerprint density at radius 1 is 0.881 bits per heavy atom. The summed E-state index contributed by atoms with van der Waals surface area (Å²) in [5, 5.41) is 38.0. The number of fused-ring (bicyclic) bond motifs is 1. The highest BCUT2D eigenvalue weighted by Crippen LogP contribution is 2.19. The molecule has 0 aliphatic rings. The van der Waals surface area contributed by atoms with Gasteiger partial charge in [-0.25, -0.2) is 4.79 Å². The number of aliphatic hydroxyl groups is 1. The van der Waals surface area contributed by atoms with Crippen LogP contribution in [0.25, 0.3) is 10.9 Å². The zero-order chi connectivity index (χ0) is 31.0. The van der Waals surface area contributed by atoms with E-state index in [2.05, 4.69) is 20.9 Å². The Morgan fingerprint density at radius 2 is 1.50 bits per heavy atom. The first kappa shape index (κ1) is 32.1. The monoisotopic (exact) mass is 581 g/mol. The molecule has 0 saturated heterocycles. The lowest BCUT2D eigenvalue weighted by Gasteiger charge is -2.29. The summed E-state index contributed by atoms with van der Waals surface area (Å²) >= 11 is 0. The maximum absolute atomic E-state index is 13.4. The number of hydrogen-bond acceptors (Lipinski definition) is 7. The van der Waals surface area contributed by atoms with E-state index in [1.165, 1.54) is 19.1 Å². The van der Waals surface area contributed by atoms with Gasteiger partial charge in [0, 0.05) is 23.5 Å². The minimum Gasteiger partial charge on any atom is -0.508 e. The number of phenolic OH excluding ortho intramolecular Hbond substituents is 1. The van der Waals surface area contributed by atoms with Crippen molar-refractivity contribution in [3.8, 4) is 5.75 Å². The molecule has 12 nitrogen and oxygen atoms in total. The van der Waals surface area contributed by atoms with Crippen LogP contribution in [0, 0.1) is 5.92 Å². The standard InChI is InChI=1S/C30H39N5O7/c1-4-16(2)25(28(39)33-24(30(41)42)14-19-15-32-23-8-6-5-7-21(19)23)34-29(40)26(17(3)36)35-27(38)22(31)13-18-9-11-20(37)12-10-18/h5-12,15-17,22,24-26,32,36-37H,4,13-14,31H2,1-3H3,(H,33,39)(H,34,40)(H,35,38)(H,41,42). The van der Waals surface area contributed by atoms with Crippen LogP contribution in [0.3, 0.4) is 0 Å². The lowest BCUT2D eigenvalue weighted by molar-refractivity contribution is -0.142. The Bertz CT molecular complexity index is 1390. The number of aromatic nitrogens is 1. The SMILES string of the molecule is CCC(C)C(NC(=O)C(NC(=O)C(N)Cc1ccc(O)cc1)C(C)O)C(=O)NC(Cc1c[nH]c2ccccc12)C(=O)O. The number of carbonyl (C=O) groups excluding carboxylic acids is 3. The molecule has 12 heteroatoms. The van der Waals surface area contributed by atoms with Crippen LogP contribution in [-0.2, 0) is 32.0 Å². The minimum absolute atomic E-state index is 0.0114. The molecule has 1 aromatic heterocycles. The predicted octanol–water partition coefficient (Wildman–Crippen LogP) is 0.952. The van der Waals surface area contributed by atoms with Gasteiger partial charge in [0.25, 0.3) is 0 Å². The second-order valence-electron chi connectivity index (χ2n) is 10.5. The number of carboxylic acid groups (broad SMARTS) is 1. The average molecular weight is 582 g/mol. The van der Waals surface area contributed by atoms with Crippen molar-refractivity contribution in [2.75, 3.05) is 0 Å². The first-order valence-electron chi connectivity index (χ1n) is 13.8. The fourth-order valence-corrected chi connectivity index (χ4v) is 4.57. The molecule has 0 bridgehead atoms. The molecule has 9 N–H and O–H groups in total. The number of carboxylic acids is 1. The third kappa shape index (κ3) is 8.30. The smallest absolute Gasteiger partial charge is 0.326 e. The summed E-state index contributed by atoms with van der Waals surface area (Å²) in [6, 6.07) is 8.64. The molecular weight excluding hydrogens is 542 g/mol. The van der Waals surface area contributed by atoms with Gasteiger partial charge in [-0.05, 0) is 48.6 Å². The van der Waals surface area contributed by atoms with Crippen LogP contribution in [0.4, 0.5) is 0 Å². The Hall–Kier alpha value is -4.42. The fraction of sp³-hybridized carbons (Fsp3) is 0.400. The summed E-state index contributed by atoms with van der Waals surface area (Å²) in [5.41, 5.74) is 8.25. The van der Waals surface area contributed by atoms with Crippen LogP contribution in [0.15, 0.2) is 54.7 Å². The molecule has 0 saturated carbocycles. The number of benzene rings is 2. The van der Waals surface area contributed by atoms with E-state index < -0.39 is 59.9 Å². The van der Waals surface area contributed by atoms with Gasteiger partial charge >= 0.3 is 5.97 Å². The maximum Gasteiger partial charge on any atom is 0.326 e. The number of nitrogens with one attached hydrogen (secondary N) is 4. The molecule has 6 unspecified atom stereocenters. The molecule has 42 heavy (non-hydrogen) atoms. The highest BCUT2D eigenvalue weighted by atomic mass is 16.4. The number of carbonyl (C=O) groups is 4. The van der Waals surface area contributed by atoms with Crippen molar-refractivity contribution in [1.82, 2.24) is 20.9 Å². The summed E-state index contributed by atoms with van der Waals surface area (Å²) in [6.45, 7) is 4.85. The van der Waals surface area contributed by atoms with Crippen LogP contribution < -0.4 is 21.7 Å². The predicted molar refractivity (Wildman–Crippen MR) is 156 cm³/mol. The highest BCUT2D eigenvalue weighted by Gasteiger charge is 2.34. The molecule has 226 valence electrons. The molecule has 0 aliphatic heterocycles. The zero-order valence-electron chi connectivity index (χ0n) is 23.8. The van der Waals surface area contributed by atoms with Gasteiger partial charge in [-0.2, -0.15) is 0 Å². The summed E-state index contributed by atoms with van der Waals surface area (Å²) < 4.78 is 0. The van der Waals surface area contributed by atoms with E-state index in [1.54, 1.807) is 25.3 Å². The molecule has 6 atom stereocenters. The van der Waals surface area contributed by atoms with Crippen molar-refractivity contribution >= 4 is 34.6 Å². The van der Waals surface area contributed by atoms with Crippen molar-refractivity contribution in [3.05, 3.63) is 65.9 Å². The molecule has 3 rings (SSSR count). The number of aliphatic hydroxyl groups excluding tert-OH is 1. The van der Waals surface area contributed by atoms with E-state index in [1.807, 2.05) is 31.2 Å².